The molecular weight excluding hydrogens is 1020 g/mol. The predicted molar refractivity (Wildman–Crippen MR) is 279 cm³/mol. The smallest absolute Gasteiger partial charge is 0.258 e. The van der Waals surface area contributed by atoms with Gasteiger partial charge in [0.1, 0.15) is 11.5 Å². The number of halogens is 5. The summed E-state index contributed by atoms with van der Waals surface area (Å²) in [4.78, 5) is 79.2. The van der Waals surface area contributed by atoms with Crippen molar-refractivity contribution in [1.29, 1.82) is 0 Å². The standard InChI is InChI=1S/C50H49Cl5N8O8/c1-8-70-43-18-13-31(21-36(43)26(4)52)56-47(66)38-23-33(10-15-40(38)54)60-62-45(28(6)64)49(68)58-30-12-17-42(35(20-30)25(3)51)59-50(69)46(29(7)65)63-61-34-11-16-41(55)39(24-34)48(67)57-32-14-19-44(71-9-2)37(22-32)27(5)53/h10-27,45-46H,8-9H2,1-7H3,(H,56,66)(H,57,67)(H,58,68)(H,59,69). The summed E-state index contributed by atoms with van der Waals surface area (Å²) < 4.78 is 11.3. The van der Waals surface area contributed by atoms with Gasteiger partial charge in [-0.2, -0.15) is 20.5 Å². The summed E-state index contributed by atoms with van der Waals surface area (Å²) in [7, 11) is 0. The molecule has 0 radical (unpaired) electrons. The van der Waals surface area contributed by atoms with E-state index in [1.54, 1.807) is 57.2 Å². The van der Waals surface area contributed by atoms with Gasteiger partial charge in [0.05, 0.1) is 61.9 Å². The van der Waals surface area contributed by atoms with Crippen LogP contribution in [-0.2, 0) is 19.2 Å². The minimum Gasteiger partial charge on any atom is -0.494 e. The van der Waals surface area contributed by atoms with Gasteiger partial charge in [-0.05, 0) is 145 Å². The van der Waals surface area contributed by atoms with Gasteiger partial charge in [-0.15, -0.1) is 34.8 Å². The van der Waals surface area contributed by atoms with Crippen molar-refractivity contribution in [2.45, 2.75) is 76.7 Å². The summed E-state index contributed by atoms with van der Waals surface area (Å²) in [5, 5.41) is 25.7. The maximum absolute atomic E-state index is 13.6. The van der Waals surface area contributed by atoms with Crippen molar-refractivity contribution in [3.05, 3.63) is 129 Å². The lowest BCUT2D eigenvalue weighted by Crippen LogP contribution is -2.32. The number of hydrogen-bond donors (Lipinski definition) is 4. The second-order valence-corrected chi connectivity index (χ2v) is 18.5. The minimum absolute atomic E-state index is 0.0438. The normalized spacial score (nSPS) is 13.4. The van der Waals surface area contributed by atoms with E-state index in [9.17, 15) is 28.8 Å². The molecule has 0 aromatic heterocycles. The Hall–Kier alpha value is -6.43. The molecule has 0 aliphatic rings. The largest absolute Gasteiger partial charge is 0.494 e. The molecule has 4 amide bonds. The molecule has 5 unspecified atom stereocenters. The topological polar surface area (TPSA) is 218 Å². The van der Waals surface area contributed by atoms with E-state index < -0.39 is 63.4 Å². The molecule has 4 N–H and O–H groups in total. The van der Waals surface area contributed by atoms with Crippen LogP contribution in [0.1, 0.15) is 102 Å². The number of anilines is 4. The van der Waals surface area contributed by atoms with E-state index in [2.05, 4.69) is 41.7 Å². The van der Waals surface area contributed by atoms with E-state index in [-0.39, 0.29) is 43.9 Å². The second-order valence-electron chi connectivity index (χ2n) is 15.7. The molecule has 0 bridgehead atoms. The fourth-order valence-electron chi connectivity index (χ4n) is 6.72. The zero-order chi connectivity index (χ0) is 52.1. The number of alkyl halides is 3. The Balaban J connectivity index is 1.27. The van der Waals surface area contributed by atoms with E-state index in [0.717, 1.165) is 13.8 Å². The fourth-order valence-corrected chi connectivity index (χ4v) is 7.65. The Kier molecular flexibility index (Phi) is 20.0. The first-order valence-electron chi connectivity index (χ1n) is 22.0. The van der Waals surface area contributed by atoms with E-state index in [4.69, 9.17) is 67.5 Å². The van der Waals surface area contributed by atoms with Gasteiger partial charge in [-0.3, -0.25) is 28.8 Å². The van der Waals surface area contributed by atoms with Crippen molar-refractivity contribution in [3.63, 3.8) is 0 Å². The van der Waals surface area contributed by atoms with Crippen molar-refractivity contribution >= 4 is 127 Å². The number of azo groups is 2. The first-order valence-corrected chi connectivity index (χ1v) is 24.0. The lowest BCUT2D eigenvalue weighted by molar-refractivity contribution is -0.127. The number of benzene rings is 5. The monoisotopic (exact) mass is 1060 g/mol. The molecule has 0 aliphatic carbocycles. The Bertz CT molecular complexity index is 2890. The number of hydrogen-bond acceptors (Lipinski definition) is 12. The van der Waals surface area contributed by atoms with Gasteiger partial charge in [0.15, 0.2) is 11.6 Å². The fraction of sp³-hybridized carbons (Fsp3) is 0.280. The summed E-state index contributed by atoms with van der Waals surface area (Å²) in [5.74, 6) is -2.95. The van der Waals surface area contributed by atoms with Gasteiger partial charge in [0.2, 0.25) is 12.1 Å². The van der Waals surface area contributed by atoms with Crippen molar-refractivity contribution in [3.8, 4) is 11.5 Å². The lowest BCUT2D eigenvalue weighted by Gasteiger charge is -2.17. The van der Waals surface area contributed by atoms with Gasteiger partial charge in [0, 0.05) is 33.9 Å². The molecule has 0 fully saturated rings. The summed E-state index contributed by atoms with van der Waals surface area (Å²) >= 11 is 32.0. The van der Waals surface area contributed by atoms with Crippen LogP contribution in [0.15, 0.2) is 111 Å². The third kappa shape index (κ3) is 15.0. The Morgan fingerprint density at radius 3 is 1.28 bits per heavy atom. The maximum Gasteiger partial charge on any atom is 0.258 e. The van der Waals surface area contributed by atoms with E-state index >= 15 is 0 Å². The first-order chi connectivity index (χ1) is 33.7. The molecule has 0 spiro atoms. The minimum atomic E-state index is -1.63. The number of nitrogens with zero attached hydrogens (tertiary/aromatic N) is 4. The average Bonchev–Trinajstić information content (AvgIpc) is 3.31. The highest BCUT2D eigenvalue weighted by Crippen LogP contribution is 2.35. The number of carbonyl (C=O) groups is 6. The molecule has 5 rings (SSSR count). The molecule has 5 aromatic carbocycles. The molecule has 0 heterocycles. The lowest BCUT2D eigenvalue weighted by atomic mass is 10.1. The van der Waals surface area contributed by atoms with Gasteiger partial charge < -0.3 is 30.7 Å². The van der Waals surface area contributed by atoms with Crippen LogP contribution in [0.25, 0.3) is 0 Å². The van der Waals surface area contributed by atoms with Gasteiger partial charge >= 0.3 is 0 Å². The predicted octanol–water partition coefficient (Wildman–Crippen LogP) is 13.6. The molecule has 0 saturated heterocycles. The van der Waals surface area contributed by atoms with Crippen LogP contribution in [0, 0.1) is 0 Å². The summed E-state index contributed by atoms with van der Waals surface area (Å²) in [6.45, 7) is 12.1. The van der Waals surface area contributed by atoms with Crippen LogP contribution >= 0.6 is 58.0 Å². The third-order valence-electron chi connectivity index (χ3n) is 10.2. The molecule has 0 aliphatic heterocycles. The molecule has 372 valence electrons. The van der Waals surface area contributed by atoms with Crippen LogP contribution in [0.3, 0.4) is 0 Å². The summed E-state index contributed by atoms with van der Waals surface area (Å²) in [6.07, 6.45) is 0. The zero-order valence-electron chi connectivity index (χ0n) is 39.4. The first kappa shape index (κ1) is 55.5. The Morgan fingerprint density at radius 2 is 0.887 bits per heavy atom. The number of rotatable bonds is 21. The average molecular weight is 1070 g/mol. The Morgan fingerprint density at radius 1 is 0.507 bits per heavy atom. The van der Waals surface area contributed by atoms with Gasteiger partial charge in [0.25, 0.3) is 23.6 Å². The van der Waals surface area contributed by atoms with E-state index in [1.807, 2.05) is 13.8 Å². The molecule has 71 heavy (non-hydrogen) atoms. The number of Topliss-reactive ketones (excluding diaryl/α,β-unsaturated/α-hetero) is 2. The molecule has 16 nitrogen and oxygen atoms in total. The Labute approximate surface area is 435 Å². The number of carbonyl (C=O) groups excluding carboxylic acids is 6. The highest BCUT2D eigenvalue weighted by Gasteiger charge is 2.27. The van der Waals surface area contributed by atoms with E-state index in [1.165, 1.54) is 54.6 Å². The quantitative estimate of drug-likeness (QED) is 0.0314. The van der Waals surface area contributed by atoms with E-state index in [0.29, 0.717) is 52.8 Å². The zero-order valence-corrected chi connectivity index (χ0v) is 43.2. The summed E-state index contributed by atoms with van der Waals surface area (Å²) in [5.41, 5.74) is 3.27. The molecule has 5 atom stereocenters. The number of ether oxygens (including phenoxy) is 2. The van der Waals surface area contributed by atoms with Gasteiger partial charge in [-0.25, -0.2) is 0 Å². The molecule has 0 saturated carbocycles. The van der Waals surface area contributed by atoms with Crippen molar-refractivity contribution < 1.29 is 38.2 Å². The maximum atomic E-state index is 13.6. The van der Waals surface area contributed by atoms with Crippen molar-refractivity contribution in [2.75, 3.05) is 34.5 Å². The molecule has 5 aromatic rings. The van der Waals surface area contributed by atoms with Crippen LogP contribution in [0.4, 0.5) is 34.1 Å². The second kappa shape index (κ2) is 25.6. The molecule has 21 heteroatoms. The highest BCUT2D eigenvalue weighted by molar-refractivity contribution is 6.35. The van der Waals surface area contributed by atoms with Gasteiger partial charge in [-0.1, -0.05) is 23.2 Å². The van der Waals surface area contributed by atoms with Crippen molar-refractivity contribution in [2.24, 2.45) is 20.5 Å². The van der Waals surface area contributed by atoms with Crippen molar-refractivity contribution in [1.82, 2.24) is 0 Å². The summed E-state index contributed by atoms with van der Waals surface area (Å²) in [6, 6.07) is 19.7. The number of amides is 4. The number of ketones is 2. The van der Waals surface area contributed by atoms with Crippen LogP contribution in [0.2, 0.25) is 10.0 Å². The van der Waals surface area contributed by atoms with Crippen LogP contribution in [0.5, 0.6) is 11.5 Å². The third-order valence-corrected chi connectivity index (χ3v) is 11.6. The highest BCUT2D eigenvalue weighted by atomic mass is 35.5. The van der Waals surface area contributed by atoms with Crippen LogP contribution < -0.4 is 30.7 Å². The number of nitrogens with one attached hydrogen (secondary N) is 4. The molecular formula is C50H49Cl5N8O8. The van der Waals surface area contributed by atoms with Crippen LogP contribution in [-0.4, -0.2) is 60.5 Å². The SMILES string of the molecule is CCOc1ccc(NC(=O)c2cc(N=NC(C(C)=O)C(=O)Nc3ccc(NC(=O)C(N=Nc4ccc(Cl)c(C(=O)Nc5ccc(OCC)c(C(C)Cl)c5)c4)C(C)=O)c(C(C)Cl)c3)ccc2Cl)cc1C(C)Cl.